The number of nitrogens with one attached hydrogen (secondary N) is 1. The number of rotatable bonds is 12. The summed E-state index contributed by atoms with van der Waals surface area (Å²) >= 11 is -2.08. The number of amides is 1. The Hall–Kier alpha value is -1.04. The monoisotopic (exact) mass is 454 g/mol. The van der Waals surface area contributed by atoms with Crippen LogP contribution in [0.1, 0.15) is 51.0 Å². The summed E-state index contributed by atoms with van der Waals surface area (Å²) in [7, 11) is 0. The number of unbranched alkanes of at least 4 members (excludes halogenated alkanes) is 5. The number of carbonyl (C=O) groups is 1. The second-order valence-electron chi connectivity index (χ2n) is 7.72. The van der Waals surface area contributed by atoms with E-state index in [9.17, 15) is 4.79 Å². The van der Waals surface area contributed by atoms with Crippen LogP contribution in [0.15, 0.2) is 29.4 Å². The summed E-state index contributed by atoms with van der Waals surface area (Å²) in [6.07, 6.45) is 9.28. The molecule has 0 spiro atoms. The summed E-state index contributed by atoms with van der Waals surface area (Å²) in [6, 6.07) is 7.81. The molecule has 1 aromatic rings. The normalized spacial score (nSPS) is 11.7. The van der Waals surface area contributed by atoms with Gasteiger partial charge in [-0.1, -0.05) is 39.0 Å². The average molecular weight is 453 g/mol. The second kappa shape index (κ2) is 12.3. The molecule has 0 aliphatic heterocycles. The molecule has 25 heavy (non-hydrogen) atoms. The number of carbonyl (C=O) groups excluding carboxylic acids is 1. The van der Waals surface area contributed by atoms with Crippen molar-refractivity contribution in [2.24, 2.45) is 5.10 Å². The third-order valence-electron chi connectivity index (χ3n) is 3.74. The molecule has 0 heterocycles. The molecular weight excluding hydrogens is 419 g/mol. The molecular formula is C20H34N2O2Sn. The first-order chi connectivity index (χ1) is 11.9. The average Bonchev–Trinajstić information content (AvgIpc) is 2.54. The number of hydrogen-bond acceptors (Lipinski definition) is 3. The van der Waals surface area contributed by atoms with Crippen LogP contribution in [0.3, 0.4) is 0 Å². The Morgan fingerprint density at radius 1 is 1.08 bits per heavy atom. The summed E-state index contributed by atoms with van der Waals surface area (Å²) in [4.78, 5) is 18.5. The zero-order valence-electron chi connectivity index (χ0n) is 16.3. The van der Waals surface area contributed by atoms with Crippen molar-refractivity contribution in [2.45, 2.75) is 64.7 Å². The van der Waals surface area contributed by atoms with Gasteiger partial charge in [-0.3, -0.25) is 0 Å². The molecule has 140 valence electrons. The molecule has 4 nitrogen and oxygen atoms in total. The molecule has 1 amide bonds. The van der Waals surface area contributed by atoms with Gasteiger partial charge < -0.3 is 0 Å². The van der Waals surface area contributed by atoms with Crippen molar-refractivity contribution in [3.8, 4) is 5.75 Å². The van der Waals surface area contributed by atoms with E-state index in [0.717, 1.165) is 24.3 Å². The molecule has 0 aliphatic rings. The maximum absolute atomic E-state index is 11.7. The van der Waals surface area contributed by atoms with Crippen LogP contribution in [0.4, 0.5) is 0 Å². The van der Waals surface area contributed by atoms with Crippen LogP contribution in [-0.4, -0.2) is 37.1 Å². The molecule has 0 radical (unpaired) electrons. The SMILES string of the molecule is CCCCCCCCOc1ccc(C=NNC(=O)[CH2][Sn]([CH3])([CH3])[CH3])cc1. The Kier molecular flexibility index (Phi) is 10.9. The number of hydrazone groups is 1. The van der Waals surface area contributed by atoms with E-state index in [0.29, 0.717) is 4.44 Å². The van der Waals surface area contributed by atoms with Gasteiger partial charge in [0.15, 0.2) is 0 Å². The summed E-state index contributed by atoms with van der Waals surface area (Å²) in [5.74, 6) is 0.912. The summed E-state index contributed by atoms with van der Waals surface area (Å²) in [6.45, 7) is 3.01. The number of hydrogen-bond donors (Lipinski definition) is 1. The number of nitrogens with zero attached hydrogens (tertiary/aromatic N) is 1. The number of ether oxygens (including phenoxy) is 1. The van der Waals surface area contributed by atoms with Crippen molar-refractivity contribution in [2.75, 3.05) is 6.61 Å². The van der Waals surface area contributed by atoms with Gasteiger partial charge >= 0.3 is 118 Å². The first-order valence-electron chi connectivity index (χ1n) is 9.45. The van der Waals surface area contributed by atoms with Crippen LogP contribution in [-0.2, 0) is 4.79 Å². The Morgan fingerprint density at radius 3 is 2.36 bits per heavy atom. The third kappa shape index (κ3) is 12.0. The van der Waals surface area contributed by atoms with E-state index in [-0.39, 0.29) is 5.91 Å². The molecule has 0 saturated carbocycles. The quantitative estimate of drug-likeness (QED) is 0.204. The van der Waals surface area contributed by atoms with Gasteiger partial charge in [0.1, 0.15) is 0 Å². The second-order valence-corrected chi connectivity index (χ2v) is 23.3. The predicted octanol–water partition coefficient (Wildman–Crippen LogP) is 5.21. The van der Waals surface area contributed by atoms with Crippen molar-refractivity contribution in [1.29, 1.82) is 0 Å². The van der Waals surface area contributed by atoms with Crippen LogP contribution in [0.25, 0.3) is 0 Å². The van der Waals surface area contributed by atoms with Crippen molar-refractivity contribution < 1.29 is 9.53 Å². The Morgan fingerprint density at radius 2 is 1.72 bits per heavy atom. The van der Waals surface area contributed by atoms with Crippen LogP contribution in [0, 0.1) is 0 Å². The van der Waals surface area contributed by atoms with Crippen molar-refractivity contribution in [3.63, 3.8) is 0 Å². The fourth-order valence-corrected chi connectivity index (χ4v) is 5.40. The van der Waals surface area contributed by atoms with Crippen molar-refractivity contribution in [3.05, 3.63) is 29.8 Å². The zero-order valence-corrected chi connectivity index (χ0v) is 19.2. The molecule has 0 saturated heterocycles. The first kappa shape index (κ1) is 22.0. The molecule has 5 heteroatoms. The molecule has 0 atom stereocenters. The molecule has 1 rings (SSSR count). The topological polar surface area (TPSA) is 50.7 Å². The van der Waals surface area contributed by atoms with Gasteiger partial charge in [0, 0.05) is 0 Å². The van der Waals surface area contributed by atoms with Gasteiger partial charge in [0.05, 0.1) is 0 Å². The van der Waals surface area contributed by atoms with Gasteiger partial charge in [0.25, 0.3) is 0 Å². The standard InChI is InChI=1S/C17H25N2O2.3CH3.Sn/c1-3-4-5-6-7-8-13-21-17-11-9-16(10-12-17)14-18-19-15(2)20;;;;/h9-12,14H,2-8,13H2,1H3,(H,19,20);3*1H3;. The molecule has 1 N–H and O–H groups in total. The van der Waals surface area contributed by atoms with Crippen LogP contribution < -0.4 is 10.2 Å². The summed E-state index contributed by atoms with van der Waals surface area (Å²) in [5.41, 5.74) is 3.57. The van der Waals surface area contributed by atoms with E-state index < -0.39 is 18.4 Å². The summed E-state index contributed by atoms with van der Waals surface area (Å²) < 4.78 is 6.42. The Bertz CT molecular complexity index is 521. The van der Waals surface area contributed by atoms with E-state index in [1.807, 2.05) is 24.3 Å². The number of benzene rings is 1. The minimum absolute atomic E-state index is 0.0263. The molecule has 0 aliphatic carbocycles. The van der Waals surface area contributed by atoms with Gasteiger partial charge in [-0.05, 0) is 0 Å². The molecule has 0 fully saturated rings. The molecule has 0 unspecified atom stereocenters. The summed E-state index contributed by atoms with van der Waals surface area (Å²) in [5, 5.41) is 4.03. The van der Waals surface area contributed by atoms with E-state index in [1.165, 1.54) is 32.1 Å². The minimum atomic E-state index is -2.08. The van der Waals surface area contributed by atoms with Crippen molar-refractivity contribution >= 4 is 30.5 Å². The van der Waals surface area contributed by atoms with Crippen molar-refractivity contribution in [1.82, 2.24) is 5.43 Å². The van der Waals surface area contributed by atoms with Gasteiger partial charge in [-0.15, -0.1) is 0 Å². The van der Waals surface area contributed by atoms with E-state index in [1.54, 1.807) is 6.21 Å². The van der Waals surface area contributed by atoms with Gasteiger partial charge in [0.2, 0.25) is 0 Å². The van der Waals surface area contributed by atoms with E-state index >= 15 is 0 Å². The fraction of sp³-hybridized carbons (Fsp3) is 0.600. The molecule has 0 bridgehead atoms. The van der Waals surface area contributed by atoms with Gasteiger partial charge in [-0.25, -0.2) is 0 Å². The van der Waals surface area contributed by atoms with Crippen LogP contribution in [0.5, 0.6) is 5.75 Å². The van der Waals surface area contributed by atoms with E-state index in [2.05, 4.69) is 32.3 Å². The van der Waals surface area contributed by atoms with E-state index in [4.69, 9.17) is 4.74 Å². The maximum atomic E-state index is 11.7. The van der Waals surface area contributed by atoms with Gasteiger partial charge in [-0.2, -0.15) is 0 Å². The van der Waals surface area contributed by atoms with Crippen LogP contribution in [0.2, 0.25) is 19.3 Å². The molecule has 0 aromatic heterocycles. The molecule has 1 aromatic carbocycles. The first-order valence-corrected chi connectivity index (χ1v) is 20.0. The Labute approximate surface area is 157 Å². The fourth-order valence-electron chi connectivity index (χ4n) is 2.42. The van der Waals surface area contributed by atoms with Crippen LogP contribution >= 0.6 is 0 Å². The Balaban J connectivity index is 2.24. The third-order valence-corrected chi connectivity index (χ3v) is 7.68. The predicted molar refractivity (Wildman–Crippen MR) is 109 cm³/mol. The zero-order chi connectivity index (χ0) is 18.5.